The summed E-state index contributed by atoms with van der Waals surface area (Å²) in [6.07, 6.45) is 8.00. The second kappa shape index (κ2) is 10.4. The van der Waals surface area contributed by atoms with Crippen LogP contribution < -0.4 is 14.8 Å². The van der Waals surface area contributed by atoms with E-state index in [0.717, 1.165) is 18.0 Å². The van der Waals surface area contributed by atoms with Crippen molar-refractivity contribution in [1.82, 2.24) is 5.32 Å². The molecule has 0 bridgehead atoms. The van der Waals surface area contributed by atoms with E-state index >= 15 is 0 Å². The van der Waals surface area contributed by atoms with Crippen LogP contribution in [-0.4, -0.2) is 12.6 Å². The average molecular weight is 368 g/mol. The number of ether oxygens (including phenoxy) is 2. The van der Waals surface area contributed by atoms with Gasteiger partial charge in [-0.15, -0.1) is 0 Å². The van der Waals surface area contributed by atoms with Crippen LogP contribution in [0.4, 0.5) is 0 Å². The molecule has 3 heteroatoms. The first kappa shape index (κ1) is 19.8. The topological polar surface area (TPSA) is 30.5 Å². The molecule has 0 unspecified atom stereocenters. The summed E-state index contributed by atoms with van der Waals surface area (Å²) < 4.78 is 12.1. The second-order valence-electron chi connectivity index (χ2n) is 7.52. The van der Waals surface area contributed by atoms with Crippen LogP contribution in [0.1, 0.15) is 62.1 Å². The highest BCUT2D eigenvalue weighted by atomic mass is 16.5. The number of benzene rings is 2. The molecule has 1 aliphatic carbocycles. The smallest absolute Gasteiger partial charge is 0.166 e. The van der Waals surface area contributed by atoms with Crippen LogP contribution >= 0.6 is 0 Å². The standard InChI is InChI=1S/C24H33NO2/c1-3-26-23-12-8-9-21(17-25-22-10-6-4-5-7-11-22)24(23)27-18-20-15-13-19(2)14-16-20/h8-9,12-16,22,25H,3-7,10-11,17-18H2,1-2H3. The zero-order valence-corrected chi connectivity index (χ0v) is 16.8. The van der Waals surface area contributed by atoms with Gasteiger partial charge in [0, 0.05) is 18.2 Å². The van der Waals surface area contributed by atoms with Gasteiger partial charge in [0.1, 0.15) is 6.61 Å². The summed E-state index contributed by atoms with van der Waals surface area (Å²) in [5, 5.41) is 3.76. The number of hydrogen-bond donors (Lipinski definition) is 1. The highest BCUT2D eigenvalue weighted by Gasteiger charge is 2.15. The van der Waals surface area contributed by atoms with E-state index in [0.29, 0.717) is 19.3 Å². The summed E-state index contributed by atoms with van der Waals surface area (Å²) in [5.41, 5.74) is 3.62. The highest BCUT2D eigenvalue weighted by Crippen LogP contribution is 2.32. The number of rotatable bonds is 8. The van der Waals surface area contributed by atoms with Crippen LogP contribution in [0.2, 0.25) is 0 Å². The summed E-state index contributed by atoms with van der Waals surface area (Å²) in [7, 11) is 0. The second-order valence-corrected chi connectivity index (χ2v) is 7.52. The third kappa shape index (κ3) is 6.00. The van der Waals surface area contributed by atoms with Gasteiger partial charge in [-0.2, -0.15) is 0 Å². The number of aryl methyl sites for hydroxylation is 1. The quantitative estimate of drug-likeness (QED) is 0.599. The lowest BCUT2D eigenvalue weighted by molar-refractivity contribution is 0.265. The van der Waals surface area contributed by atoms with Crippen molar-refractivity contribution in [2.24, 2.45) is 0 Å². The average Bonchev–Trinajstić information content (AvgIpc) is 2.96. The molecule has 0 aliphatic heterocycles. The zero-order chi connectivity index (χ0) is 18.9. The van der Waals surface area contributed by atoms with Crippen molar-refractivity contribution < 1.29 is 9.47 Å². The molecule has 3 nitrogen and oxygen atoms in total. The van der Waals surface area contributed by atoms with Crippen LogP contribution in [0, 0.1) is 6.92 Å². The molecular formula is C24H33NO2. The van der Waals surface area contributed by atoms with E-state index in [1.54, 1.807) is 0 Å². The van der Waals surface area contributed by atoms with Gasteiger partial charge >= 0.3 is 0 Å². The van der Waals surface area contributed by atoms with Crippen LogP contribution in [-0.2, 0) is 13.2 Å². The third-order valence-corrected chi connectivity index (χ3v) is 5.30. The molecule has 2 aromatic rings. The van der Waals surface area contributed by atoms with Gasteiger partial charge < -0.3 is 14.8 Å². The zero-order valence-electron chi connectivity index (χ0n) is 16.8. The summed E-state index contributed by atoms with van der Waals surface area (Å²) in [6.45, 7) is 6.14. The lowest BCUT2D eigenvalue weighted by atomic mass is 10.1. The van der Waals surface area contributed by atoms with Gasteiger partial charge in [0.25, 0.3) is 0 Å². The van der Waals surface area contributed by atoms with E-state index in [1.165, 1.54) is 55.2 Å². The molecule has 1 aliphatic rings. The molecule has 0 heterocycles. The Morgan fingerprint density at radius 1 is 0.926 bits per heavy atom. The van der Waals surface area contributed by atoms with Crippen molar-refractivity contribution in [2.75, 3.05) is 6.61 Å². The molecule has 0 aromatic heterocycles. The van der Waals surface area contributed by atoms with Crippen LogP contribution in [0.15, 0.2) is 42.5 Å². The SMILES string of the molecule is CCOc1cccc(CNC2CCCCCC2)c1OCc1ccc(C)cc1. The first-order valence-electron chi connectivity index (χ1n) is 10.4. The molecule has 1 fully saturated rings. The Morgan fingerprint density at radius 2 is 1.67 bits per heavy atom. The van der Waals surface area contributed by atoms with E-state index < -0.39 is 0 Å². The molecule has 0 amide bonds. The molecular weight excluding hydrogens is 334 g/mol. The summed E-state index contributed by atoms with van der Waals surface area (Å²) >= 11 is 0. The summed E-state index contributed by atoms with van der Waals surface area (Å²) in [4.78, 5) is 0. The third-order valence-electron chi connectivity index (χ3n) is 5.30. The van der Waals surface area contributed by atoms with Crippen LogP contribution in [0.25, 0.3) is 0 Å². The molecule has 0 spiro atoms. The first-order chi connectivity index (χ1) is 13.3. The van der Waals surface area contributed by atoms with Crippen molar-refractivity contribution in [2.45, 2.75) is 71.6 Å². The van der Waals surface area contributed by atoms with Gasteiger partial charge in [0.15, 0.2) is 11.5 Å². The van der Waals surface area contributed by atoms with Crippen molar-refractivity contribution in [3.05, 3.63) is 59.2 Å². The Kier molecular flexibility index (Phi) is 7.58. The highest BCUT2D eigenvalue weighted by molar-refractivity contribution is 5.47. The molecule has 0 radical (unpaired) electrons. The Balaban J connectivity index is 1.69. The van der Waals surface area contributed by atoms with Gasteiger partial charge in [-0.25, -0.2) is 0 Å². The van der Waals surface area contributed by atoms with E-state index in [2.05, 4.69) is 48.6 Å². The van der Waals surface area contributed by atoms with Crippen molar-refractivity contribution in [3.8, 4) is 11.5 Å². The van der Waals surface area contributed by atoms with Crippen LogP contribution in [0.5, 0.6) is 11.5 Å². The van der Waals surface area contributed by atoms with Gasteiger partial charge in [0.2, 0.25) is 0 Å². The maximum absolute atomic E-state index is 6.25. The van der Waals surface area contributed by atoms with E-state index in [-0.39, 0.29) is 0 Å². The van der Waals surface area contributed by atoms with E-state index in [4.69, 9.17) is 9.47 Å². The minimum atomic E-state index is 0.556. The Bertz CT molecular complexity index is 688. The molecule has 0 atom stereocenters. The fourth-order valence-electron chi connectivity index (χ4n) is 3.71. The van der Waals surface area contributed by atoms with Gasteiger partial charge in [0.05, 0.1) is 6.61 Å². The van der Waals surface area contributed by atoms with Gasteiger partial charge in [-0.1, -0.05) is 67.6 Å². The minimum absolute atomic E-state index is 0.556. The van der Waals surface area contributed by atoms with E-state index in [9.17, 15) is 0 Å². The maximum atomic E-state index is 6.25. The summed E-state index contributed by atoms with van der Waals surface area (Å²) in [5.74, 6) is 1.71. The fraction of sp³-hybridized carbons (Fsp3) is 0.500. The molecule has 3 rings (SSSR count). The molecule has 1 N–H and O–H groups in total. The molecule has 27 heavy (non-hydrogen) atoms. The fourth-order valence-corrected chi connectivity index (χ4v) is 3.71. The molecule has 146 valence electrons. The Labute approximate surface area is 164 Å². The van der Waals surface area contributed by atoms with Crippen molar-refractivity contribution >= 4 is 0 Å². The maximum Gasteiger partial charge on any atom is 0.166 e. The predicted octanol–water partition coefficient (Wildman–Crippen LogP) is 5.79. The van der Waals surface area contributed by atoms with Gasteiger partial charge in [-0.3, -0.25) is 0 Å². The number of nitrogens with one attached hydrogen (secondary N) is 1. The summed E-state index contributed by atoms with van der Waals surface area (Å²) in [6, 6.07) is 15.3. The largest absolute Gasteiger partial charge is 0.490 e. The minimum Gasteiger partial charge on any atom is -0.490 e. The first-order valence-corrected chi connectivity index (χ1v) is 10.4. The van der Waals surface area contributed by atoms with E-state index in [1.807, 2.05) is 13.0 Å². The van der Waals surface area contributed by atoms with Crippen molar-refractivity contribution in [1.29, 1.82) is 0 Å². The Morgan fingerprint density at radius 3 is 2.37 bits per heavy atom. The normalized spacial score (nSPS) is 15.3. The number of para-hydroxylation sites is 1. The molecule has 2 aromatic carbocycles. The molecule has 0 saturated heterocycles. The monoisotopic (exact) mass is 367 g/mol. The number of hydrogen-bond acceptors (Lipinski definition) is 3. The lowest BCUT2D eigenvalue weighted by Gasteiger charge is -2.20. The van der Waals surface area contributed by atoms with Crippen molar-refractivity contribution in [3.63, 3.8) is 0 Å². The predicted molar refractivity (Wildman–Crippen MR) is 111 cm³/mol. The van der Waals surface area contributed by atoms with Gasteiger partial charge in [-0.05, 0) is 38.3 Å². The Hall–Kier alpha value is -2.00. The van der Waals surface area contributed by atoms with Crippen LogP contribution in [0.3, 0.4) is 0 Å². The lowest BCUT2D eigenvalue weighted by Crippen LogP contribution is -2.28. The molecule has 1 saturated carbocycles.